The molecule has 0 aliphatic rings. The summed E-state index contributed by atoms with van der Waals surface area (Å²) in [6, 6.07) is 65.6. The topological polar surface area (TPSA) is 74.8 Å². The van der Waals surface area contributed by atoms with Crippen molar-refractivity contribution < 1.29 is 8.83 Å². The van der Waals surface area contributed by atoms with E-state index < -0.39 is 0 Å². The van der Waals surface area contributed by atoms with Gasteiger partial charge >= 0.3 is 0 Å². The van der Waals surface area contributed by atoms with Gasteiger partial charge in [0.2, 0.25) is 5.95 Å². The van der Waals surface area contributed by atoms with E-state index in [9.17, 15) is 0 Å². The Morgan fingerprint density at radius 1 is 0.323 bits per heavy atom. The first kappa shape index (κ1) is 33.3. The molecule has 5 aromatic heterocycles. The molecule has 62 heavy (non-hydrogen) atoms. The van der Waals surface area contributed by atoms with Crippen molar-refractivity contribution in [1.29, 1.82) is 0 Å². The van der Waals surface area contributed by atoms with Crippen LogP contribution in [0.4, 0.5) is 0 Å². The number of fused-ring (bicyclic) bond motifs is 13. The predicted molar refractivity (Wildman–Crippen MR) is 251 cm³/mol. The molecule has 0 saturated heterocycles. The zero-order chi connectivity index (χ0) is 40.5. The van der Waals surface area contributed by atoms with Crippen LogP contribution in [0.25, 0.3) is 133 Å². The van der Waals surface area contributed by atoms with Crippen LogP contribution in [0.1, 0.15) is 0 Å². The lowest BCUT2D eigenvalue weighted by molar-refractivity contribution is 0.668. The largest absolute Gasteiger partial charge is 0.456 e. The highest BCUT2D eigenvalue weighted by Crippen LogP contribution is 2.42. The van der Waals surface area contributed by atoms with Crippen LogP contribution in [0.3, 0.4) is 0 Å². The first-order chi connectivity index (χ1) is 30.7. The summed E-state index contributed by atoms with van der Waals surface area (Å²) in [5.74, 6) is 1.61. The van der Waals surface area contributed by atoms with E-state index in [0.717, 1.165) is 110 Å². The third-order valence-corrected chi connectivity index (χ3v) is 12.6. The summed E-state index contributed by atoms with van der Waals surface area (Å²) in [4.78, 5) is 16.3. The normalized spacial score (nSPS) is 12.2. The van der Waals surface area contributed by atoms with Crippen LogP contribution in [0.5, 0.6) is 0 Å². The smallest absolute Gasteiger partial charge is 0.238 e. The van der Waals surface area contributed by atoms with Gasteiger partial charge in [-0.15, -0.1) is 0 Å². The second-order valence-electron chi connectivity index (χ2n) is 16.0. The molecule has 288 valence electrons. The van der Waals surface area contributed by atoms with Crippen molar-refractivity contribution in [2.45, 2.75) is 0 Å². The first-order valence-electron chi connectivity index (χ1n) is 20.8. The van der Waals surface area contributed by atoms with Crippen LogP contribution in [0.15, 0.2) is 197 Å². The lowest BCUT2D eigenvalue weighted by Crippen LogP contribution is -2.08. The van der Waals surface area contributed by atoms with E-state index >= 15 is 0 Å². The average molecular weight is 794 g/mol. The number of benzene rings is 9. The van der Waals surface area contributed by atoms with E-state index in [1.165, 1.54) is 5.39 Å². The highest BCUT2D eigenvalue weighted by molar-refractivity contribution is 6.15. The molecule has 0 fully saturated rings. The Balaban J connectivity index is 1.13. The van der Waals surface area contributed by atoms with Gasteiger partial charge in [-0.3, -0.25) is 4.57 Å². The zero-order valence-electron chi connectivity index (χ0n) is 33.0. The summed E-state index contributed by atoms with van der Waals surface area (Å²) < 4.78 is 17.4. The molecule has 0 saturated carbocycles. The minimum Gasteiger partial charge on any atom is -0.456 e. The third kappa shape index (κ3) is 4.73. The maximum atomic E-state index is 6.64. The van der Waals surface area contributed by atoms with E-state index in [1.807, 2.05) is 42.5 Å². The molecule has 14 rings (SSSR count). The number of hydrogen-bond donors (Lipinski definition) is 0. The van der Waals surface area contributed by atoms with E-state index in [4.69, 9.17) is 23.8 Å². The Bertz CT molecular complexity index is 4130. The van der Waals surface area contributed by atoms with Gasteiger partial charge in [0.05, 0.1) is 27.8 Å². The Morgan fingerprint density at radius 2 is 0.839 bits per heavy atom. The fourth-order valence-corrected chi connectivity index (χ4v) is 9.76. The van der Waals surface area contributed by atoms with Crippen molar-refractivity contribution in [1.82, 2.24) is 24.1 Å². The molecule has 5 heterocycles. The molecule has 0 amide bonds. The van der Waals surface area contributed by atoms with Gasteiger partial charge < -0.3 is 13.4 Å². The lowest BCUT2D eigenvalue weighted by atomic mass is 10.0. The van der Waals surface area contributed by atoms with Gasteiger partial charge in [0.1, 0.15) is 22.3 Å². The molecule has 0 bridgehead atoms. The Hall–Kier alpha value is -8.55. The van der Waals surface area contributed by atoms with Crippen molar-refractivity contribution >= 4 is 98.3 Å². The van der Waals surface area contributed by atoms with Crippen molar-refractivity contribution in [2.75, 3.05) is 0 Å². The third-order valence-electron chi connectivity index (χ3n) is 12.6. The quantitative estimate of drug-likeness (QED) is 0.177. The molecule has 0 aliphatic heterocycles. The molecule has 7 heteroatoms. The van der Waals surface area contributed by atoms with Gasteiger partial charge in [-0.05, 0) is 77.5 Å². The lowest BCUT2D eigenvalue weighted by Gasteiger charge is -2.16. The van der Waals surface area contributed by atoms with Crippen LogP contribution >= 0.6 is 0 Å². The molecular weight excluding hydrogens is 763 g/mol. The fraction of sp³-hybridized carbons (Fsp3) is 0. The van der Waals surface area contributed by atoms with Crippen molar-refractivity contribution in [3.05, 3.63) is 188 Å². The summed E-state index contributed by atoms with van der Waals surface area (Å²) in [5.41, 5.74) is 10.0. The van der Waals surface area contributed by atoms with E-state index in [-0.39, 0.29) is 0 Å². The number of nitrogens with zero attached hydrogens (tertiary/aromatic N) is 5. The highest BCUT2D eigenvalue weighted by Gasteiger charge is 2.24. The van der Waals surface area contributed by atoms with Gasteiger partial charge in [0.25, 0.3) is 0 Å². The molecule has 7 nitrogen and oxygen atoms in total. The Kier molecular flexibility index (Phi) is 6.71. The van der Waals surface area contributed by atoms with Crippen molar-refractivity contribution in [3.8, 4) is 34.4 Å². The second-order valence-corrected chi connectivity index (χ2v) is 16.0. The monoisotopic (exact) mass is 793 g/mol. The first-order valence-corrected chi connectivity index (χ1v) is 20.8. The van der Waals surface area contributed by atoms with E-state index in [0.29, 0.717) is 17.6 Å². The highest BCUT2D eigenvalue weighted by atomic mass is 16.3. The van der Waals surface area contributed by atoms with E-state index in [1.54, 1.807) is 0 Å². The predicted octanol–water partition coefficient (Wildman–Crippen LogP) is 14.4. The molecule has 0 unspecified atom stereocenters. The van der Waals surface area contributed by atoms with Gasteiger partial charge in [-0.1, -0.05) is 115 Å². The van der Waals surface area contributed by atoms with Crippen molar-refractivity contribution in [2.24, 2.45) is 0 Å². The fourth-order valence-electron chi connectivity index (χ4n) is 9.76. The molecule has 0 N–H and O–H groups in total. The molecule has 9 aromatic carbocycles. The average Bonchev–Trinajstić information content (AvgIpc) is 4.07. The van der Waals surface area contributed by atoms with Crippen LogP contribution < -0.4 is 0 Å². The Morgan fingerprint density at radius 3 is 1.53 bits per heavy atom. The van der Waals surface area contributed by atoms with Gasteiger partial charge in [-0.25, -0.2) is 4.98 Å². The number of hydrogen-bond acceptors (Lipinski definition) is 5. The number of furan rings is 2. The maximum Gasteiger partial charge on any atom is 0.238 e. The zero-order valence-corrected chi connectivity index (χ0v) is 33.0. The maximum absolute atomic E-state index is 6.64. The number of aromatic nitrogens is 5. The molecule has 0 radical (unpaired) electrons. The van der Waals surface area contributed by atoms with Gasteiger partial charge in [0, 0.05) is 60.3 Å². The second kappa shape index (κ2) is 12.5. The number of rotatable bonds is 4. The number of para-hydroxylation sites is 5. The molecule has 14 aromatic rings. The molecule has 0 aliphatic carbocycles. The minimum atomic E-state index is 0.524. The van der Waals surface area contributed by atoms with Crippen LogP contribution in [-0.2, 0) is 0 Å². The summed E-state index contributed by atoms with van der Waals surface area (Å²) in [7, 11) is 0. The standard InChI is InChI=1S/C55H31N5O2/c1-2-14-33-29-47-40(27-32(33)13-1)37-17-5-8-20-44(37)59(47)48-31-52-42(39-19-7-12-24-50(39)62-52)30-43(48)54-56-53(34-25-26-51-41(28-34)38-18-6-11-23-49(38)61-51)57-55(58-54)60-45-21-9-3-15-35(45)36-16-4-10-22-46(36)60/h1-31H. The SMILES string of the molecule is c1ccc2cc3c(cc2c1)c1ccccc1n3-c1cc2oc3ccccc3c2cc1-c1nc(-c2ccc3oc4ccccc4c3c2)nc(-n2c3ccccc3c3ccccc32)n1. The van der Waals surface area contributed by atoms with Crippen LogP contribution in [0, 0.1) is 0 Å². The molecule has 0 atom stereocenters. The molecular formula is C55H31N5O2. The van der Waals surface area contributed by atoms with Gasteiger partial charge in [-0.2, -0.15) is 9.97 Å². The van der Waals surface area contributed by atoms with Gasteiger partial charge in [0.15, 0.2) is 11.6 Å². The molecule has 0 spiro atoms. The minimum absolute atomic E-state index is 0.524. The Labute approximate surface area is 352 Å². The van der Waals surface area contributed by atoms with Crippen LogP contribution in [0.2, 0.25) is 0 Å². The summed E-state index contributed by atoms with van der Waals surface area (Å²) in [6.45, 7) is 0. The summed E-state index contributed by atoms with van der Waals surface area (Å²) >= 11 is 0. The summed E-state index contributed by atoms with van der Waals surface area (Å²) in [6.07, 6.45) is 0. The summed E-state index contributed by atoms with van der Waals surface area (Å²) in [5, 5.41) is 11.0. The van der Waals surface area contributed by atoms with E-state index in [2.05, 4.69) is 155 Å². The van der Waals surface area contributed by atoms with Crippen molar-refractivity contribution in [3.63, 3.8) is 0 Å². The van der Waals surface area contributed by atoms with Crippen LogP contribution in [-0.4, -0.2) is 24.1 Å².